The molecule has 1 heterocycles. The predicted octanol–water partition coefficient (Wildman–Crippen LogP) is 2.55. The van der Waals surface area contributed by atoms with Crippen molar-refractivity contribution in [3.8, 4) is 11.8 Å². The van der Waals surface area contributed by atoms with Gasteiger partial charge in [0.1, 0.15) is 11.6 Å². The highest BCUT2D eigenvalue weighted by Gasteiger charge is 2.00. The number of nitrogens with one attached hydrogen (secondary N) is 1. The first-order valence-electron chi connectivity index (χ1n) is 3.98. The first-order valence-corrected chi connectivity index (χ1v) is 4.77. The number of aromatic nitrogens is 2. The Hall–Kier alpha value is -1.49. The van der Waals surface area contributed by atoms with Crippen LogP contribution in [0.2, 0.25) is 0 Å². The summed E-state index contributed by atoms with van der Waals surface area (Å²) < 4.78 is 6.36. The maximum atomic E-state index is 5.45. The van der Waals surface area contributed by atoms with E-state index in [1.807, 2.05) is 24.3 Å². The Kier molecular flexibility index (Phi) is 2.41. The number of benzene rings is 1. The zero-order chi connectivity index (χ0) is 9.97. The second kappa shape index (κ2) is 3.71. The Labute approximate surface area is 89.2 Å². The van der Waals surface area contributed by atoms with Gasteiger partial charge in [-0.05, 0) is 18.2 Å². The second-order valence-electron chi connectivity index (χ2n) is 2.70. The van der Waals surface area contributed by atoms with E-state index in [9.17, 15) is 0 Å². The molecule has 0 aliphatic rings. The van der Waals surface area contributed by atoms with E-state index in [1.165, 1.54) is 6.20 Å². The molecule has 0 amide bonds. The minimum absolute atomic E-state index is 0.389. The smallest absolute Gasteiger partial charge is 0.300 e. The number of nitrogen functional groups attached to an aromatic ring is 1. The molecule has 14 heavy (non-hydrogen) atoms. The first kappa shape index (κ1) is 9.08. The molecule has 0 aliphatic carbocycles. The van der Waals surface area contributed by atoms with Gasteiger partial charge in [0.15, 0.2) is 0 Å². The van der Waals surface area contributed by atoms with E-state index in [-0.39, 0.29) is 0 Å². The largest absolute Gasteiger partial charge is 0.426 e. The minimum Gasteiger partial charge on any atom is -0.426 e. The Balaban J connectivity index is 2.18. The van der Waals surface area contributed by atoms with Gasteiger partial charge in [-0.25, -0.2) is 4.98 Å². The van der Waals surface area contributed by atoms with Gasteiger partial charge in [0.05, 0.1) is 6.20 Å². The van der Waals surface area contributed by atoms with Crippen LogP contribution >= 0.6 is 15.9 Å². The second-order valence-corrected chi connectivity index (χ2v) is 3.62. The van der Waals surface area contributed by atoms with Gasteiger partial charge in [0, 0.05) is 4.47 Å². The molecule has 0 unspecified atom stereocenters. The lowest BCUT2D eigenvalue weighted by Gasteiger charge is -2.01. The van der Waals surface area contributed by atoms with Crippen molar-refractivity contribution in [2.24, 2.45) is 0 Å². The van der Waals surface area contributed by atoms with Gasteiger partial charge in [-0.15, -0.1) is 0 Å². The number of nitrogens with two attached hydrogens (primary N) is 1. The fourth-order valence-corrected chi connectivity index (χ4v) is 1.39. The summed E-state index contributed by atoms with van der Waals surface area (Å²) in [6, 6.07) is 7.87. The van der Waals surface area contributed by atoms with E-state index in [4.69, 9.17) is 10.5 Å². The number of hydrogen-bond donors (Lipinski definition) is 2. The van der Waals surface area contributed by atoms with Crippen LogP contribution in [0.5, 0.6) is 11.8 Å². The van der Waals surface area contributed by atoms with Crippen molar-refractivity contribution in [3.63, 3.8) is 0 Å². The highest BCUT2D eigenvalue weighted by atomic mass is 79.9. The standard InChI is InChI=1S/C9H8BrN3O/c10-6-2-1-3-7(4-6)14-9-12-5-8(11)13-9/h1-5H,11H2,(H,12,13). The number of halogens is 1. The number of H-pyrrole nitrogens is 1. The number of rotatable bonds is 2. The first-order chi connectivity index (χ1) is 6.74. The summed E-state index contributed by atoms with van der Waals surface area (Å²) in [5.41, 5.74) is 5.45. The molecule has 3 N–H and O–H groups in total. The molecule has 4 nitrogen and oxygen atoms in total. The minimum atomic E-state index is 0.389. The fraction of sp³-hybridized carbons (Fsp3) is 0. The van der Waals surface area contributed by atoms with E-state index in [0.717, 1.165) is 4.47 Å². The number of aromatic amines is 1. The summed E-state index contributed by atoms with van der Waals surface area (Å²) in [6.45, 7) is 0. The summed E-state index contributed by atoms with van der Waals surface area (Å²) in [4.78, 5) is 6.70. The maximum absolute atomic E-state index is 5.45. The molecule has 2 rings (SSSR count). The van der Waals surface area contributed by atoms with Crippen LogP contribution in [0.4, 0.5) is 5.82 Å². The summed E-state index contributed by atoms with van der Waals surface area (Å²) in [5, 5.41) is 0. The van der Waals surface area contributed by atoms with Crippen LogP contribution in [0.1, 0.15) is 0 Å². The lowest BCUT2D eigenvalue weighted by molar-refractivity contribution is 0.448. The van der Waals surface area contributed by atoms with Gasteiger partial charge >= 0.3 is 6.01 Å². The van der Waals surface area contributed by atoms with Crippen LogP contribution in [0.3, 0.4) is 0 Å². The molecule has 0 saturated heterocycles. The molecule has 5 heteroatoms. The molecule has 2 aromatic rings. The summed E-state index contributed by atoms with van der Waals surface area (Å²) in [7, 11) is 0. The zero-order valence-corrected chi connectivity index (χ0v) is 8.78. The average Bonchev–Trinajstić information content (AvgIpc) is 2.51. The fourth-order valence-electron chi connectivity index (χ4n) is 1.01. The van der Waals surface area contributed by atoms with Crippen molar-refractivity contribution in [1.29, 1.82) is 0 Å². The van der Waals surface area contributed by atoms with Gasteiger partial charge in [-0.1, -0.05) is 22.0 Å². The van der Waals surface area contributed by atoms with E-state index in [1.54, 1.807) is 0 Å². The molecular weight excluding hydrogens is 246 g/mol. The van der Waals surface area contributed by atoms with Gasteiger partial charge in [-0.2, -0.15) is 0 Å². The summed E-state index contributed by atoms with van der Waals surface area (Å²) >= 11 is 3.35. The monoisotopic (exact) mass is 253 g/mol. The molecule has 0 saturated carbocycles. The van der Waals surface area contributed by atoms with Gasteiger partial charge in [-0.3, -0.25) is 4.98 Å². The molecule has 0 radical (unpaired) electrons. The van der Waals surface area contributed by atoms with Crippen molar-refractivity contribution >= 4 is 21.7 Å². The number of anilines is 1. The Morgan fingerprint density at radius 1 is 1.43 bits per heavy atom. The maximum Gasteiger partial charge on any atom is 0.300 e. The normalized spacial score (nSPS) is 10.1. The van der Waals surface area contributed by atoms with Gasteiger partial charge < -0.3 is 10.5 Å². The average molecular weight is 254 g/mol. The van der Waals surface area contributed by atoms with E-state index < -0.39 is 0 Å². The van der Waals surface area contributed by atoms with E-state index >= 15 is 0 Å². The van der Waals surface area contributed by atoms with Crippen LogP contribution in [0.25, 0.3) is 0 Å². The van der Waals surface area contributed by atoms with Crippen LogP contribution in [-0.2, 0) is 0 Å². The van der Waals surface area contributed by atoms with Crippen LogP contribution in [0, 0.1) is 0 Å². The third-order valence-electron chi connectivity index (χ3n) is 1.58. The molecule has 0 spiro atoms. The van der Waals surface area contributed by atoms with Crippen molar-refractivity contribution in [3.05, 3.63) is 34.9 Å². The van der Waals surface area contributed by atoms with Gasteiger partial charge in [0.25, 0.3) is 0 Å². The van der Waals surface area contributed by atoms with Crippen LogP contribution in [0.15, 0.2) is 34.9 Å². The molecule has 0 bridgehead atoms. The highest BCUT2D eigenvalue weighted by Crippen LogP contribution is 2.22. The lowest BCUT2D eigenvalue weighted by atomic mass is 10.3. The molecule has 0 atom stereocenters. The Morgan fingerprint density at radius 3 is 2.93 bits per heavy atom. The molecule has 0 aliphatic heterocycles. The van der Waals surface area contributed by atoms with Crippen LogP contribution in [-0.4, -0.2) is 9.97 Å². The predicted molar refractivity (Wildman–Crippen MR) is 57.2 cm³/mol. The molecule has 0 fully saturated rings. The zero-order valence-electron chi connectivity index (χ0n) is 7.20. The third kappa shape index (κ3) is 2.05. The summed E-state index contributed by atoms with van der Waals surface area (Å²) in [5.74, 6) is 1.18. The molecule has 1 aromatic carbocycles. The van der Waals surface area contributed by atoms with Crippen molar-refractivity contribution in [2.75, 3.05) is 5.73 Å². The number of ether oxygens (including phenoxy) is 1. The van der Waals surface area contributed by atoms with Crippen molar-refractivity contribution < 1.29 is 4.74 Å². The molecule has 1 aromatic heterocycles. The molecular formula is C9H8BrN3O. The molecule has 72 valence electrons. The van der Waals surface area contributed by atoms with Crippen molar-refractivity contribution in [1.82, 2.24) is 9.97 Å². The SMILES string of the molecule is Nc1cnc(Oc2cccc(Br)c2)[nH]1. The van der Waals surface area contributed by atoms with Gasteiger partial charge in [0.2, 0.25) is 0 Å². The third-order valence-corrected chi connectivity index (χ3v) is 2.08. The Bertz CT molecular complexity index is 441. The van der Waals surface area contributed by atoms with Crippen molar-refractivity contribution in [2.45, 2.75) is 0 Å². The van der Waals surface area contributed by atoms with Crippen LogP contribution < -0.4 is 10.5 Å². The van der Waals surface area contributed by atoms with E-state index in [2.05, 4.69) is 25.9 Å². The number of imidazole rings is 1. The quantitative estimate of drug-likeness (QED) is 0.865. The number of nitrogens with zero attached hydrogens (tertiary/aromatic N) is 1. The summed E-state index contributed by atoms with van der Waals surface area (Å²) in [6.07, 6.45) is 1.51. The highest BCUT2D eigenvalue weighted by molar-refractivity contribution is 9.10. The Morgan fingerprint density at radius 2 is 2.29 bits per heavy atom. The number of hydrogen-bond acceptors (Lipinski definition) is 3. The van der Waals surface area contributed by atoms with E-state index in [0.29, 0.717) is 17.6 Å². The topological polar surface area (TPSA) is 63.9 Å². The lowest BCUT2D eigenvalue weighted by Crippen LogP contribution is -1.87.